The zero-order chi connectivity index (χ0) is 16.8. The lowest BCUT2D eigenvalue weighted by atomic mass is 10.0. The van der Waals surface area contributed by atoms with Crippen LogP contribution in [0, 0.1) is 0 Å². The molecule has 0 spiro atoms. The molecule has 6 heteroatoms. The van der Waals surface area contributed by atoms with Crippen LogP contribution in [0.2, 0.25) is 10.0 Å². The van der Waals surface area contributed by atoms with Crippen molar-refractivity contribution in [3.05, 3.63) is 64.1 Å². The van der Waals surface area contributed by atoms with E-state index in [0.29, 0.717) is 17.3 Å². The lowest BCUT2D eigenvalue weighted by Gasteiger charge is -2.13. The number of benzene rings is 2. The number of anilines is 1. The van der Waals surface area contributed by atoms with E-state index in [1.807, 2.05) is 37.3 Å². The number of rotatable bonds is 4. The lowest BCUT2D eigenvalue weighted by Crippen LogP contribution is -2.37. The number of hydrogen-bond acceptors (Lipinski definition) is 2. The van der Waals surface area contributed by atoms with Gasteiger partial charge in [0.1, 0.15) is 0 Å². The molecule has 1 atom stereocenters. The first-order chi connectivity index (χ1) is 11.0. The van der Waals surface area contributed by atoms with E-state index in [-0.39, 0.29) is 10.9 Å². The molecule has 0 saturated carbocycles. The van der Waals surface area contributed by atoms with Gasteiger partial charge in [-0.2, -0.15) is 0 Å². The van der Waals surface area contributed by atoms with Crippen LogP contribution in [0.1, 0.15) is 18.4 Å². The predicted octanol–water partition coefficient (Wildman–Crippen LogP) is 3.85. The average molecular weight is 351 g/mol. The van der Waals surface area contributed by atoms with Crippen LogP contribution in [0.15, 0.2) is 48.5 Å². The largest absolute Gasteiger partial charge is 0.347 e. The number of hydrogen-bond donors (Lipinski definition) is 2. The molecule has 0 unspecified atom stereocenters. The summed E-state index contributed by atoms with van der Waals surface area (Å²) in [7, 11) is 0. The van der Waals surface area contributed by atoms with Gasteiger partial charge in [0.15, 0.2) is 0 Å². The molecule has 0 radical (unpaired) electrons. The third-order valence-corrected chi connectivity index (χ3v) is 4.16. The van der Waals surface area contributed by atoms with Gasteiger partial charge in [-0.1, -0.05) is 66.5 Å². The molecular weight excluding hydrogens is 335 g/mol. The van der Waals surface area contributed by atoms with E-state index in [9.17, 15) is 9.59 Å². The van der Waals surface area contributed by atoms with Gasteiger partial charge in [-0.15, -0.1) is 0 Å². The summed E-state index contributed by atoms with van der Waals surface area (Å²) in [5.41, 5.74) is 1.39. The second kappa shape index (κ2) is 7.99. The quantitative estimate of drug-likeness (QED) is 0.822. The fourth-order valence-electron chi connectivity index (χ4n) is 2.00. The van der Waals surface area contributed by atoms with Gasteiger partial charge in [-0.05, 0) is 23.6 Å². The molecule has 0 bridgehead atoms. The van der Waals surface area contributed by atoms with Crippen LogP contribution in [0.5, 0.6) is 0 Å². The summed E-state index contributed by atoms with van der Waals surface area (Å²) >= 11 is 11.8. The van der Waals surface area contributed by atoms with Crippen molar-refractivity contribution in [3.63, 3.8) is 0 Å². The summed E-state index contributed by atoms with van der Waals surface area (Å²) < 4.78 is 0. The first-order valence-corrected chi connectivity index (χ1v) is 7.82. The van der Waals surface area contributed by atoms with Crippen LogP contribution in [0.4, 0.5) is 5.69 Å². The Kier molecular flexibility index (Phi) is 6.02. The molecular formula is C17H16Cl2N2O2. The van der Waals surface area contributed by atoms with Crippen molar-refractivity contribution in [2.24, 2.45) is 0 Å². The summed E-state index contributed by atoms with van der Waals surface area (Å²) in [5, 5.41) is 5.56. The summed E-state index contributed by atoms with van der Waals surface area (Å²) in [6.45, 7) is 2.33. The molecule has 120 valence electrons. The molecule has 0 aromatic heterocycles. The molecule has 0 fully saturated rings. The van der Waals surface area contributed by atoms with Crippen molar-refractivity contribution in [3.8, 4) is 0 Å². The zero-order valence-corrected chi connectivity index (χ0v) is 14.0. The molecule has 0 saturated heterocycles. The third-order valence-electron chi connectivity index (χ3n) is 3.34. The topological polar surface area (TPSA) is 58.2 Å². The van der Waals surface area contributed by atoms with Gasteiger partial charge in [0.2, 0.25) is 0 Å². The minimum Gasteiger partial charge on any atom is -0.347 e. The summed E-state index contributed by atoms with van der Waals surface area (Å²) in [6.07, 6.45) is 0. The van der Waals surface area contributed by atoms with Crippen molar-refractivity contribution in [1.29, 1.82) is 0 Å². The highest BCUT2D eigenvalue weighted by Crippen LogP contribution is 2.29. The van der Waals surface area contributed by atoms with E-state index in [4.69, 9.17) is 23.2 Å². The molecule has 2 aromatic rings. The molecule has 2 N–H and O–H groups in total. The van der Waals surface area contributed by atoms with Gasteiger partial charge in [-0.3, -0.25) is 9.59 Å². The van der Waals surface area contributed by atoms with Gasteiger partial charge >= 0.3 is 11.8 Å². The van der Waals surface area contributed by atoms with Crippen molar-refractivity contribution >= 4 is 40.7 Å². The third kappa shape index (κ3) is 4.71. The SMILES string of the molecule is C[C@@H](CNC(=O)C(=O)Nc1cccc(Cl)c1Cl)c1ccccc1. The van der Waals surface area contributed by atoms with Gasteiger partial charge in [0, 0.05) is 6.54 Å². The van der Waals surface area contributed by atoms with E-state index >= 15 is 0 Å². The number of carbonyl (C=O) groups is 2. The summed E-state index contributed by atoms with van der Waals surface area (Å²) in [5.74, 6) is -1.40. The second-order valence-electron chi connectivity index (χ2n) is 5.08. The van der Waals surface area contributed by atoms with Crippen LogP contribution < -0.4 is 10.6 Å². The maximum absolute atomic E-state index is 11.9. The van der Waals surface area contributed by atoms with Gasteiger partial charge in [-0.25, -0.2) is 0 Å². The van der Waals surface area contributed by atoms with Gasteiger partial charge in [0.05, 0.1) is 15.7 Å². The van der Waals surface area contributed by atoms with Crippen molar-refractivity contribution in [1.82, 2.24) is 5.32 Å². The minimum absolute atomic E-state index is 0.0997. The van der Waals surface area contributed by atoms with E-state index in [1.165, 1.54) is 0 Å². The summed E-state index contributed by atoms with van der Waals surface area (Å²) in [6, 6.07) is 14.6. The Morgan fingerprint density at radius 2 is 1.70 bits per heavy atom. The maximum atomic E-state index is 11.9. The Morgan fingerprint density at radius 1 is 1.00 bits per heavy atom. The molecule has 2 amide bonds. The lowest BCUT2D eigenvalue weighted by molar-refractivity contribution is -0.136. The molecule has 0 aliphatic rings. The number of carbonyl (C=O) groups excluding carboxylic acids is 2. The van der Waals surface area contributed by atoms with Gasteiger partial charge < -0.3 is 10.6 Å². The van der Waals surface area contributed by atoms with E-state index < -0.39 is 11.8 Å². The van der Waals surface area contributed by atoms with Gasteiger partial charge in [0.25, 0.3) is 0 Å². The summed E-state index contributed by atoms with van der Waals surface area (Å²) in [4.78, 5) is 23.8. The minimum atomic E-state index is -0.783. The van der Waals surface area contributed by atoms with Crippen LogP contribution in [0.25, 0.3) is 0 Å². The molecule has 2 rings (SSSR count). The van der Waals surface area contributed by atoms with E-state index in [1.54, 1.807) is 18.2 Å². The zero-order valence-electron chi connectivity index (χ0n) is 12.5. The van der Waals surface area contributed by atoms with Crippen LogP contribution in [-0.4, -0.2) is 18.4 Å². The Balaban J connectivity index is 1.90. The fraction of sp³-hybridized carbons (Fsp3) is 0.176. The molecule has 0 heterocycles. The Labute approximate surface area is 144 Å². The Morgan fingerprint density at radius 3 is 2.39 bits per heavy atom. The number of halogens is 2. The molecule has 0 aliphatic heterocycles. The smallest absolute Gasteiger partial charge is 0.313 e. The van der Waals surface area contributed by atoms with E-state index in [2.05, 4.69) is 10.6 Å². The normalized spacial score (nSPS) is 11.6. The number of nitrogens with one attached hydrogen (secondary N) is 2. The van der Waals surface area contributed by atoms with Crippen LogP contribution in [-0.2, 0) is 9.59 Å². The van der Waals surface area contributed by atoms with Crippen molar-refractivity contribution in [2.75, 3.05) is 11.9 Å². The first kappa shape index (κ1) is 17.3. The highest BCUT2D eigenvalue weighted by atomic mass is 35.5. The average Bonchev–Trinajstić information content (AvgIpc) is 2.57. The predicted molar refractivity (Wildman–Crippen MR) is 93.0 cm³/mol. The Hall–Kier alpha value is -2.04. The standard InChI is InChI=1S/C17H16Cl2N2O2/c1-11(12-6-3-2-4-7-12)10-20-16(22)17(23)21-14-9-5-8-13(18)15(14)19/h2-9,11H,10H2,1H3,(H,20,22)(H,21,23)/t11-/m0/s1. The number of amides is 2. The highest BCUT2D eigenvalue weighted by Gasteiger charge is 2.17. The van der Waals surface area contributed by atoms with Crippen LogP contribution in [0.3, 0.4) is 0 Å². The van der Waals surface area contributed by atoms with Crippen molar-refractivity contribution in [2.45, 2.75) is 12.8 Å². The van der Waals surface area contributed by atoms with Crippen LogP contribution >= 0.6 is 23.2 Å². The second-order valence-corrected chi connectivity index (χ2v) is 5.86. The van der Waals surface area contributed by atoms with E-state index in [0.717, 1.165) is 5.56 Å². The Bertz CT molecular complexity index is 705. The fourth-order valence-corrected chi connectivity index (χ4v) is 2.35. The first-order valence-electron chi connectivity index (χ1n) is 7.07. The molecule has 4 nitrogen and oxygen atoms in total. The molecule has 2 aromatic carbocycles. The molecule has 23 heavy (non-hydrogen) atoms. The van der Waals surface area contributed by atoms with Crippen molar-refractivity contribution < 1.29 is 9.59 Å². The highest BCUT2D eigenvalue weighted by molar-refractivity contribution is 6.45. The monoisotopic (exact) mass is 350 g/mol. The maximum Gasteiger partial charge on any atom is 0.313 e. The molecule has 0 aliphatic carbocycles.